The SMILES string of the molecule is CCn1cnnc1CN=C(NCCc1cccs1)Nc1ccc2c(c1)OCCCO2. The summed E-state index contributed by atoms with van der Waals surface area (Å²) in [4.78, 5) is 6.06. The van der Waals surface area contributed by atoms with Gasteiger partial charge in [0, 0.05) is 36.1 Å². The van der Waals surface area contributed by atoms with E-state index >= 15 is 0 Å². The Balaban J connectivity index is 1.47. The molecule has 2 aromatic heterocycles. The number of nitrogens with one attached hydrogen (secondary N) is 2. The summed E-state index contributed by atoms with van der Waals surface area (Å²) in [5, 5.41) is 17.0. The van der Waals surface area contributed by atoms with E-state index in [0.717, 1.165) is 48.9 Å². The van der Waals surface area contributed by atoms with E-state index in [2.05, 4.69) is 45.3 Å². The highest BCUT2D eigenvalue weighted by Gasteiger charge is 2.12. The number of guanidine groups is 1. The van der Waals surface area contributed by atoms with Crippen LogP contribution in [-0.4, -0.2) is 40.5 Å². The van der Waals surface area contributed by atoms with Crippen LogP contribution in [-0.2, 0) is 19.5 Å². The van der Waals surface area contributed by atoms with Crippen LogP contribution in [0.2, 0.25) is 0 Å². The second-order valence-corrected chi connectivity index (χ2v) is 7.82. The highest BCUT2D eigenvalue weighted by atomic mass is 32.1. The van der Waals surface area contributed by atoms with Gasteiger partial charge in [-0.1, -0.05) is 6.07 Å². The number of aromatic nitrogens is 3. The number of ether oxygens (including phenoxy) is 2. The number of anilines is 1. The van der Waals surface area contributed by atoms with Crippen molar-refractivity contribution in [2.24, 2.45) is 4.99 Å². The summed E-state index contributed by atoms with van der Waals surface area (Å²) in [6, 6.07) is 10.1. The summed E-state index contributed by atoms with van der Waals surface area (Å²) < 4.78 is 13.5. The molecule has 2 N–H and O–H groups in total. The predicted octanol–water partition coefficient (Wildman–Crippen LogP) is 3.32. The van der Waals surface area contributed by atoms with Crippen LogP contribution >= 0.6 is 11.3 Å². The predicted molar refractivity (Wildman–Crippen MR) is 119 cm³/mol. The number of fused-ring (bicyclic) bond motifs is 1. The average Bonchev–Trinajstić information content (AvgIpc) is 3.39. The zero-order valence-electron chi connectivity index (χ0n) is 17.0. The van der Waals surface area contributed by atoms with E-state index < -0.39 is 0 Å². The van der Waals surface area contributed by atoms with Gasteiger partial charge in [-0.2, -0.15) is 0 Å². The second kappa shape index (κ2) is 10.1. The van der Waals surface area contributed by atoms with Gasteiger partial charge in [0.15, 0.2) is 23.3 Å². The van der Waals surface area contributed by atoms with Gasteiger partial charge in [-0.05, 0) is 36.9 Å². The summed E-state index contributed by atoms with van der Waals surface area (Å²) in [6.45, 7) is 5.42. The van der Waals surface area contributed by atoms with Gasteiger partial charge in [-0.3, -0.25) is 0 Å². The van der Waals surface area contributed by atoms with Crippen molar-refractivity contribution in [3.8, 4) is 11.5 Å². The van der Waals surface area contributed by atoms with Crippen molar-refractivity contribution in [1.29, 1.82) is 0 Å². The van der Waals surface area contributed by atoms with Crippen LogP contribution in [0.25, 0.3) is 0 Å². The molecule has 0 saturated carbocycles. The topological polar surface area (TPSA) is 85.6 Å². The molecular formula is C21H26N6O2S. The Hall–Kier alpha value is -3.07. The molecule has 0 bridgehead atoms. The molecule has 9 heteroatoms. The van der Waals surface area contributed by atoms with E-state index in [-0.39, 0.29) is 0 Å². The molecule has 0 radical (unpaired) electrons. The molecule has 8 nitrogen and oxygen atoms in total. The third kappa shape index (κ3) is 5.29. The molecule has 30 heavy (non-hydrogen) atoms. The van der Waals surface area contributed by atoms with Gasteiger partial charge in [0.1, 0.15) is 12.9 Å². The fourth-order valence-electron chi connectivity index (χ4n) is 3.09. The van der Waals surface area contributed by atoms with Crippen LogP contribution in [0.1, 0.15) is 24.0 Å². The van der Waals surface area contributed by atoms with Crippen molar-refractivity contribution in [3.63, 3.8) is 0 Å². The largest absolute Gasteiger partial charge is 0.490 e. The van der Waals surface area contributed by atoms with Crippen molar-refractivity contribution < 1.29 is 9.47 Å². The fraction of sp³-hybridized carbons (Fsp3) is 0.381. The summed E-state index contributed by atoms with van der Waals surface area (Å²) in [5.74, 6) is 3.04. The molecule has 1 aliphatic heterocycles. The Morgan fingerprint density at radius 2 is 2.13 bits per heavy atom. The first-order chi connectivity index (χ1) is 14.8. The van der Waals surface area contributed by atoms with Crippen molar-refractivity contribution in [2.45, 2.75) is 32.9 Å². The molecule has 0 spiro atoms. The first-order valence-corrected chi connectivity index (χ1v) is 11.0. The molecular weight excluding hydrogens is 400 g/mol. The third-order valence-electron chi connectivity index (χ3n) is 4.67. The summed E-state index contributed by atoms with van der Waals surface area (Å²) >= 11 is 1.76. The lowest BCUT2D eigenvalue weighted by atomic mass is 10.2. The van der Waals surface area contributed by atoms with Crippen LogP contribution in [0.4, 0.5) is 5.69 Å². The molecule has 0 aliphatic carbocycles. The molecule has 1 aliphatic rings. The number of hydrogen-bond donors (Lipinski definition) is 2. The molecule has 3 aromatic rings. The summed E-state index contributed by atoms with van der Waals surface area (Å²) in [6.07, 6.45) is 3.54. The number of rotatable bonds is 7. The van der Waals surface area contributed by atoms with E-state index in [9.17, 15) is 0 Å². The van der Waals surface area contributed by atoms with Gasteiger partial charge < -0.3 is 24.7 Å². The quantitative estimate of drug-likeness (QED) is 0.445. The molecule has 0 unspecified atom stereocenters. The molecule has 0 fully saturated rings. The first kappa shape index (κ1) is 20.2. The fourth-order valence-corrected chi connectivity index (χ4v) is 3.80. The van der Waals surface area contributed by atoms with Crippen molar-refractivity contribution in [2.75, 3.05) is 25.1 Å². The first-order valence-electron chi connectivity index (χ1n) is 10.2. The van der Waals surface area contributed by atoms with Crippen LogP contribution in [0.3, 0.4) is 0 Å². The van der Waals surface area contributed by atoms with E-state index in [0.29, 0.717) is 25.7 Å². The number of benzene rings is 1. The van der Waals surface area contributed by atoms with Gasteiger partial charge in [-0.15, -0.1) is 21.5 Å². The average molecular weight is 427 g/mol. The molecule has 3 heterocycles. The lowest BCUT2D eigenvalue weighted by molar-refractivity contribution is 0.297. The van der Waals surface area contributed by atoms with Crippen molar-refractivity contribution in [3.05, 3.63) is 52.7 Å². The van der Waals surface area contributed by atoms with E-state index in [1.165, 1.54) is 4.88 Å². The minimum Gasteiger partial charge on any atom is -0.490 e. The molecule has 158 valence electrons. The lowest BCUT2D eigenvalue weighted by Gasteiger charge is -2.14. The van der Waals surface area contributed by atoms with Gasteiger partial charge in [0.25, 0.3) is 0 Å². The molecule has 0 amide bonds. The second-order valence-electron chi connectivity index (χ2n) is 6.79. The Labute approximate surface area is 180 Å². The lowest BCUT2D eigenvalue weighted by Crippen LogP contribution is -2.32. The maximum absolute atomic E-state index is 5.80. The van der Waals surface area contributed by atoms with E-state index in [1.54, 1.807) is 17.7 Å². The number of thiophene rings is 1. The molecule has 0 atom stereocenters. The maximum Gasteiger partial charge on any atom is 0.196 e. The highest BCUT2D eigenvalue weighted by Crippen LogP contribution is 2.32. The summed E-state index contributed by atoms with van der Waals surface area (Å²) in [5.41, 5.74) is 0.888. The van der Waals surface area contributed by atoms with Gasteiger partial charge in [-0.25, -0.2) is 4.99 Å². The monoisotopic (exact) mass is 426 g/mol. The van der Waals surface area contributed by atoms with E-state index in [1.807, 2.05) is 22.8 Å². The molecule has 4 rings (SSSR count). The van der Waals surface area contributed by atoms with Crippen molar-refractivity contribution in [1.82, 2.24) is 20.1 Å². The van der Waals surface area contributed by atoms with Crippen LogP contribution in [0, 0.1) is 0 Å². The zero-order chi connectivity index (χ0) is 20.6. The van der Waals surface area contributed by atoms with Crippen LogP contribution in [0.5, 0.6) is 11.5 Å². The Morgan fingerprint density at radius 1 is 1.23 bits per heavy atom. The standard InChI is InChI=1S/C21H26N6O2S/c1-2-27-15-24-26-20(27)14-23-21(22-9-8-17-5-3-12-30-17)25-16-6-7-18-19(13-16)29-11-4-10-28-18/h3,5-7,12-13,15H,2,4,8-11,14H2,1H3,(H2,22,23,25). The summed E-state index contributed by atoms with van der Waals surface area (Å²) in [7, 11) is 0. The van der Waals surface area contributed by atoms with Gasteiger partial charge in [0.05, 0.1) is 13.2 Å². The number of aryl methyl sites for hydroxylation is 1. The minimum absolute atomic E-state index is 0.437. The van der Waals surface area contributed by atoms with Crippen LogP contribution in [0.15, 0.2) is 47.0 Å². The Bertz CT molecular complexity index is 970. The number of nitrogens with zero attached hydrogens (tertiary/aromatic N) is 4. The molecule has 0 saturated heterocycles. The Morgan fingerprint density at radius 3 is 2.97 bits per heavy atom. The number of hydrogen-bond acceptors (Lipinski definition) is 6. The number of aliphatic imine (C=N–C) groups is 1. The maximum atomic E-state index is 5.80. The van der Waals surface area contributed by atoms with Gasteiger partial charge in [0.2, 0.25) is 0 Å². The smallest absolute Gasteiger partial charge is 0.196 e. The third-order valence-corrected chi connectivity index (χ3v) is 5.61. The normalized spacial score (nSPS) is 13.7. The van der Waals surface area contributed by atoms with E-state index in [4.69, 9.17) is 14.5 Å². The zero-order valence-corrected chi connectivity index (χ0v) is 17.8. The van der Waals surface area contributed by atoms with Crippen LogP contribution < -0.4 is 20.1 Å². The molecule has 1 aromatic carbocycles. The van der Waals surface area contributed by atoms with Gasteiger partial charge >= 0.3 is 0 Å². The minimum atomic E-state index is 0.437. The van der Waals surface area contributed by atoms with Crippen molar-refractivity contribution >= 4 is 23.0 Å². The Kier molecular flexibility index (Phi) is 6.81. The highest BCUT2D eigenvalue weighted by molar-refractivity contribution is 7.09.